The van der Waals surface area contributed by atoms with Gasteiger partial charge in [-0.25, -0.2) is 13.1 Å². The van der Waals surface area contributed by atoms with Crippen molar-refractivity contribution in [1.29, 1.82) is 0 Å². The van der Waals surface area contributed by atoms with Gasteiger partial charge in [-0.15, -0.1) is 0 Å². The van der Waals surface area contributed by atoms with E-state index >= 15 is 0 Å². The van der Waals surface area contributed by atoms with Crippen LogP contribution in [0.25, 0.3) is 0 Å². The van der Waals surface area contributed by atoms with Gasteiger partial charge in [-0.1, -0.05) is 13.8 Å². The van der Waals surface area contributed by atoms with Crippen LogP contribution in [0.2, 0.25) is 0 Å². The maximum atomic E-state index is 12.6. The van der Waals surface area contributed by atoms with Crippen molar-refractivity contribution in [1.82, 2.24) is 9.62 Å². The number of sulfonamides is 1. The summed E-state index contributed by atoms with van der Waals surface area (Å²) in [5.74, 6) is 2.24. The van der Waals surface area contributed by atoms with Crippen LogP contribution in [0.4, 0.5) is 0 Å². The molecule has 1 aromatic rings. The third-order valence-electron chi connectivity index (χ3n) is 5.12. The minimum absolute atomic E-state index is 0.342. The first-order valence-electron chi connectivity index (χ1n) is 9.60. The zero-order valence-corrected chi connectivity index (χ0v) is 17.7. The normalized spacial score (nSPS) is 21.7. The fourth-order valence-electron chi connectivity index (χ4n) is 3.99. The molecule has 0 aliphatic carbocycles. The molecule has 1 aromatic carbocycles. The van der Waals surface area contributed by atoms with E-state index in [1.165, 1.54) is 19.5 Å². The van der Waals surface area contributed by atoms with Crippen LogP contribution in [0.3, 0.4) is 0 Å². The lowest BCUT2D eigenvalue weighted by molar-refractivity contribution is 0.139. The van der Waals surface area contributed by atoms with E-state index in [4.69, 9.17) is 4.74 Å². The molecular formula is C20H34N2O3S. The Morgan fingerprint density at radius 3 is 2.38 bits per heavy atom. The van der Waals surface area contributed by atoms with Crippen molar-refractivity contribution >= 4 is 10.0 Å². The second-order valence-corrected chi connectivity index (χ2v) is 9.63. The maximum Gasteiger partial charge on any atom is 0.240 e. The second kappa shape index (κ2) is 9.20. The molecule has 1 N–H and O–H groups in total. The first-order valence-corrected chi connectivity index (χ1v) is 11.1. The average Bonchev–Trinajstić information content (AvgIpc) is 2.55. The third-order valence-corrected chi connectivity index (χ3v) is 6.72. The van der Waals surface area contributed by atoms with Gasteiger partial charge in [-0.05, 0) is 74.8 Å². The molecular weight excluding hydrogens is 348 g/mol. The van der Waals surface area contributed by atoms with Gasteiger partial charge in [-0.3, -0.25) is 0 Å². The van der Waals surface area contributed by atoms with Gasteiger partial charge in [0.2, 0.25) is 10.0 Å². The van der Waals surface area contributed by atoms with E-state index in [0.29, 0.717) is 22.8 Å². The van der Waals surface area contributed by atoms with Gasteiger partial charge in [0.15, 0.2) is 0 Å². The molecule has 1 saturated heterocycles. The van der Waals surface area contributed by atoms with Crippen molar-refractivity contribution < 1.29 is 13.2 Å². The topological polar surface area (TPSA) is 58.6 Å². The minimum Gasteiger partial charge on any atom is -0.496 e. The molecule has 0 aromatic heterocycles. The summed E-state index contributed by atoms with van der Waals surface area (Å²) in [6.45, 7) is 12.2. The average molecular weight is 383 g/mol. The van der Waals surface area contributed by atoms with E-state index in [0.717, 1.165) is 36.8 Å². The van der Waals surface area contributed by atoms with Crippen LogP contribution in [0.5, 0.6) is 5.75 Å². The van der Waals surface area contributed by atoms with E-state index in [1.807, 2.05) is 6.92 Å². The Hall–Kier alpha value is -1.11. The molecule has 148 valence electrons. The molecule has 5 nitrogen and oxygen atoms in total. The molecule has 0 spiro atoms. The molecule has 2 atom stereocenters. The molecule has 0 saturated carbocycles. The molecule has 0 unspecified atom stereocenters. The largest absolute Gasteiger partial charge is 0.496 e. The molecule has 0 amide bonds. The van der Waals surface area contributed by atoms with Crippen LogP contribution in [-0.2, 0) is 10.0 Å². The maximum absolute atomic E-state index is 12.6. The van der Waals surface area contributed by atoms with Crippen LogP contribution in [-0.4, -0.2) is 46.6 Å². The smallest absolute Gasteiger partial charge is 0.240 e. The molecule has 1 heterocycles. The lowest BCUT2D eigenvalue weighted by Crippen LogP contribution is -2.39. The number of hydrogen-bond acceptors (Lipinski definition) is 4. The number of hydrogen-bond donors (Lipinski definition) is 1. The van der Waals surface area contributed by atoms with Gasteiger partial charge in [0.25, 0.3) is 0 Å². The molecule has 26 heavy (non-hydrogen) atoms. The summed E-state index contributed by atoms with van der Waals surface area (Å²) in [6, 6.07) is 3.47. The summed E-state index contributed by atoms with van der Waals surface area (Å²) in [5.41, 5.74) is 1.53. The van der Waals surface area contributed by atoms with Gasteiger partial charge in [-0.2, -0.15) is 0 Å². The summed E-state index contributed by atoms with van der Waals surface area (Å²) in [5, 5.41) is 0. The van der Waals surface area contributed by atoms with Gasteiger partial charge < -0.3 is 9.64 Å². The Labute approximate surface area is 159 Å². The quantitative estimate of drug-likeness (QED) is 0.701. The Morgan fingerprint density at radius 1 is 1.12 bits per heavy atom. The summed E-state index contributed by atoms with van der Waals surface area (Å²) in [4.78, 5) is 2.86. The minimum atomic E-state index is -3.48. The molecule has 0 bridgehead atoms. The van der Waals surface area contributed by atoms with Crippen molar-refractivity contribution in [3.63, 3.8) is 0 Å². The van der Waals surface area contributed by atoms with Crippen molar-refractivity contribution in [2.75, 3.05) is 33.3 Å². The number of benzene rings is 1. The van der Waals surface area contributed by atoms with Gasteiger partial charge >= 0.3 is 0 Å². The van der Waals surface area contributed by atoms with Crippen LogP contribution in [0.1, 0.15) is 44.2 Å². The Bertz CT molecular complexity index is 693. The van der Waals surface area contributed by atoms with Gasteiger partial charge in [0.05, 0.1) is 12.0 Å². The summed E-state index contributed by atoms with van der Waals surface area (Å²) < 4.78 is 33.2. The van der Waals surface area contributed by atoms with E-state index < -0.39 is 10.0 Å². The van der Waals surface area contributed by atoms with E-state index in [-0.39, 0.29) is 0 Å². The lowest BCUT2D eigenvalue weighted by Gasteiger charge is -2.34. The van der Waals surface area contributed by atoms with Crippen molar-refractivity contribution in [3.05, 3.63) is 23.3 Å². The number of aryl methyl sites for hydroxylation is 2. The Balaban J connectivity index is 1.82. The number of methoxy groups -OCH3 is 1. The van der Waals surface area contributed by atoms with Crippen molar-refractivity contribution in [2.45, 2.75) is 51.9 Å². The first-order chi connectivity index (χ1) is 12.2. The first kappa shape index (κ1) is 21.2. The molecule has 1 aliphatic rings. The molecule has 6 heteroatoms. The lowest BCUT2D eigenvalue weighted by atomic mass is 9.92. The Kier molecular flexibility index (Phi) is 7.50. The van der Waals surface area contributed by atoms with Crippen LogP contribution < -0.4 is 9.46 Å². The SMILES string of the molecule is COc1cc(C)c(S(=O)(=O)NCCCCN2C[C@H](C)C[C@H](C)C2)cc1C. The molecule has 2 rings (SSSR count). The number of unbranched alkanes of at least 4 members (excludes halogenated alkanes) is 1. The number of likely N-dealkylation sites (tertiary alicyclic amines) is 1. The van der Waals surface area contributed by atoms with Crippen molar-refractivity contribution in [3.8, 4) is 5.75 Å². The molecule has 1 fully saturated rings. The predicted molar refractivity (Wildman–Crippen MR) is 106 cm³/mol. The summed E-state index contributed by atoms with van der Waals surface area (Å²) in [7, 11) is -1.89. The van der Waals surface area contributed by atoms with Crippen molar-refractivity contribution in [2.24, 2.45) is 11.8 Å². The monoisotopic (exact) mass is 382 g/mol. The summed E-state index contributed by atoms with van der Waals surface area (Å²) in [6.07, 6.45) is 3.19. The third kappa shape index (κ3) is 5.69. The second-order valence-electron chi connectivity index (χ2n) is 7.90. The van der Waals surface area contributed by atoms with Crippen LogP contribution >= 0.6 is 0 Å². The highest BCUT2D eigenvalue weighted by molar-refractivity contribution is 7.89. The highest BCUT2D eigenvalue weighted by atomic mass is 32.2. The number of ether oxygens (including phenoxy) is 1. The zero-order chi connectivity index (χ0) is 19.3. The Morgan fingerprint density at radius 2 is 1.77 bits per heavy atom. The fraction of sp³-hybridized carbons (Fsp3) is 0.700. The fourth-order valence-corrected chi connectivity index (χ4v) is 5.38. The van der Waals surface area contributed by atoms with Crippen LogP contribution in [0, 0.1) is 25.7 Å². The predicted octanol–water partition coefficient (Wildman–Crippen LogP) is 3.35. The standard InChI is InChI=1S/C20H34N2O3S/c1-15-10-16(2)14-22(13-15)9-7-6-8-21-26(23,24)20-12-17(3)19(25-5)11-18(20)4/h11-12,15-16,21H,6-10,13-14H2,1-5H3/t15-,16+. The molecule has 0 radical (unpaired) electrons. The van der Waals surface area contributed by atoms with Crippen LogP contribution in [0.15, 0.2) is 17.0 Å². The number of piperidine rings is 1. The van der Waals surface area contributed by atoms with Gasteiger partial charge in [0, 0.05) is 19.6 Å². The van der Waals surface area contributed by atoms with E-state index in [2.05, 4.69) is 23.5 Å². The van der Waals surface area contributed by atoms with E-state index in [1.54, 1.807) is 26.2 Å². The number of rotatable bonds is 8. The highest BCUT2D eigenvalue weighted by Gasteiger charge is 2.21. The van der Waals surface area contributed by atoms with Gasteiger partial charge in [0.1, 0.15) is 5.75 Å². The molecule has 1 aliphatic heterocycles. The number of nitrogens with one attached hydrogen (secondary N) is 1. The number of nitrogens with zero attached hydrogens (tertiary/aromatic N) is 1. The highest BCUT2D eigenvalue weighted by Crippen LogP contribution is 2.25. The summed E-state index contributed by atoms with van der Waals surface area (Å²) >= 11 is 0. The van der Waals surface area contributed by atoms with E-state index in [9.17, 15) is 8.42 Å². The zero-order valence-electron chi connectivity index (χ0n) is 16.8.